The summed E-state index contributed by atoms with van der Waals surface area (Å²) < 4.78 is 0. The highest BCUT2D eigenvalue weighted by Crippen LogP contribution is 2.43. The average Bonchev–Trinajstić information content (AvgIpc) is 3.62. The first kappa shape index (κ1) is 23.1. The van der Waals surface area contributed by atoms with E-state index in [9.17, 15) is 9.59 Å². The molecule has 6 rings (SSSR count). The Bertz CT molecular complexity index is 1200. The molecule has 2 saturated heterocycles. The molecule has 2 aromatic rings. The number of amides is 3. The van der Waals surface area contributed by atoms with Gasteiger partial charge in [0.15, 0.2) is 0 Å². The SMILES string of the molecule is N#Cc1cccc(NC(=O)Nc2cccc3c2CCC3N2CC3CCC(C2)N3C(=O)C2CCCC2)c1. The Morgan fingerprint density at radius 3 is 2.42 bits per heavy atom. The van der Waals surface area contributed by atoms with Gasteiger partial charge >= 0.3 is 6.03 Å². The molecule has 186 valence electrons. The minimum absolute atomic E-state index is 0.258. The summed E-state index contributed by atoms with van der Waals surface area (Å²) in [5.41, 5.74) is 4.46. The maximum Gasteiger partial charge on any atom is 0.323 e. The number of likely N-dealkylation sites (tertiary alicyclic amines) is 1. The van der Waals surface area contributed by atoms with E-state index < -0.39 is 0 Å². The lowest BCUT2D eigenvalue weighted by Crippen LogP contribution is -2.57. The molecule has 3 fully saturated rings. The van der Waals surface area contributed by atoms with Crippen molar-refractivity contribution in [1.82, 2.24) is 9.80 Å². The second kappa shape index (κ2) is 9.59. The third-order valence-corrected chi connectivity index (χ3v) is 8.65. The highest BCUT2D eigenvalue weighted by molar-refractivity contribution is 6.00. The van der Waals surface area contributed by atoms with Crippen LogP contribution in [0.3, 0.4) is 0 Å². The Morgan fingerprint density at radius 2 is 1.67 bits per heavy atom. The van der Waals surface area contributed by atoms with Crippen LogP contribution in [0.4, 0.5) is 16.2 Å². The van der Waals surface area contributed by atoms with Crippen molar-refractivity contribution in [2.75, 3.05) is 23.7 Å². The fraction of sp³-hybridized carbons (Fsp3) is 0.483. The Hall–Kier alpha value is -3.37. The second-order valence-electron chi connectivity index (χ2n) is 10.8. The summed E-state index contributed by atoms with van der Waals surface area (Å²) in [5.74, 6) is 0.679. The molecule has 1 saturated carbocycles. The number of nitriles is 1. The molecule has 36 heavy (non-hydrogen) atoms. The predicted molar refractivity (Wildman–Crippen MR) is 138 cm³/mol. The molecule has 2 aliphatic heterocycles. The number of carbonyl (C=O) groups excluding carboxylic acids is 2. The fourth-order valence-corrected chi connectivity index (χ4v) is 7.01. The number of carbonyl (C=O) groups is 2. The number of piperazine rings is 1. The zero-order valence-electron chi connectivity index (χ0n) is 20.6. The van der Waals surface area contributed by atoms with E-state index in [0.717, 1.165) is 57.3 Å². The second-order valence-corrected chi connectivity index (χ2v) is 10.8. The monoisotopic (exact) mass is 483 g/mol. The maximum atomic E-state index is 13.2. The van der Waals surface area contributed by atoms with Crippen molar-refractivity contribution in [2.24, 2.45) is 5.92 Å². The third kappa shape index (κ3) is 4.24. The molecule has 3 amide bonds. The van der Waals surface area contributed by atoms with Gasteiger partial charge in [-0.1, -0.05) is 31.0 Å². The summed E-state index contributed by atoms with van der Waals surface area (Å²) in [7, 11) is 0. The van der Waals surface area contributed by atoms with Crippen LogP contribution in [0.25, 0.3) is 0 Å². The fourth-order valence-electron chi connectivity index (χ4n) is 7.01. The van der Waals surface area contributed by atoms with Gasteiger partial charge in [-0.25, -0.2) is 4.79 Å². The average molecular weight is 484 g/mol. The van der Waals surface area contributed by atoms with Crippen molar-refractivity contribution in [2.45, 2.75) is 69.5 Å². The molecule has 3 atom stereocenters. The number of hydrogen-bond acceptors (Lipinski definition) is 4. The number of benzene rings is 2. The van der Waals surface area contributed by atoms with Crippen molar-refractivity contribution in [3.63, 3.8) is 0 Å². The van der Waals surface area contributed by atoms with Crippen LogP contribution in [0.1, 0.15) is 67.7 Å². The molecule has 7 nitrogen and oxygen atoms in total. The predicted octanol–water partition coefficient (Wildman–Crippen LogP) is 5.05. The topological polar surface area (TPSA) is 88.5 Å². The number of nitrogens with zero attached hydrogens (tertiary/aromatic N) is 3. The molecular weight excluding hydrogens is 450 g/mol. The summed E-state index contributed by atoms with van der Waals surface area (Å²) in [4.78, 5) is 30.8. The standard InChI is InChI=1S/C29H33N5O2/c30-16-19-5-3-8-21(15-19)31-29(36)32-26-10-4-9-25-24(26)13-14-27(25)33-17-22-11-12-23(18-33)34(22)28(35)20-6-1-2-7-20/h3-5,8-10,15,20,22-23,27H,1-2,6-7,11-14,17-18H2,(H2,31,32,36). The van der Waals surface area contributed by atoms with Gasteiger partial charge in [-0.05, 0) is 73.9 Å². The number of hydrogen-bond donors (Lipinski definition) is 2. The van der Waals surface area contributed by atoms with Gasteiger partial charge in [0.05, 0.1) is 11.6 Å². The maximum absolute atomic E-state index is 13.2. The van der Waals surface area contributed by atoms with Crippen LogP contribution in [-0.2, 0) is 11.2 Å². The van der Waals surface area contributed by atoms with E-state index in [1.54, 1.807) is 24.3 Å². The lowest BCUT2D eigenvalue weighted by molar-refractivity contribution is -0.141. The number of fused-ring (bicyclic) bond motifs is 3. The number of urea groups is 1. The summed E-state index contributed by atoms with van der Waals surface area (Å²) >= 11 is 0. The summed E-state index contributed by atoms with van der Waals surface area (Å²) in [6, 6.07) is 15.9. The van der Waals surface area contributed by atoms with Gasteiger partial charge in [-0.2, -0.15) is 5.26 Å². The van der Waals surface area contributed by atoms with E-state index in [1.807, 2.05) is 12.1 Å². The van der Waals surface area contributed by atoms with Crippen molar-refractivity contribution in [1.29, 1.82) is 5.26 Å². The highest BCUT2D eigenvalue weighted by Gasteiger charge is 2.46. The Balaban J connectivity index is 1.14. The van der Waals surface area contributed by atoms with Gasteiger partial charge in [-0.15, -0.1) is 0 Å². The van der Waals surface area contributed by atoms with Crippen molar-refractivity contribution < 1.29 is 9.59 Å². The van der Waals surface area contributed by atoms with Crippen molar-refractivity contribution in [3.05, 3.63) is 59.2 Å². The van der Waals surface area contributed by atoms with E-state index in [2.05, 4.69) is 32.6 Å². The zero-order valence-corrected chi connectivity index (χ0v) is 20.6. The minimum atomic E-state index is -0.306. The molecule has 2 bridgehead atoms. The number of anilines is 2. The highest BCUT2D eigenvalue weighted by atomic mass is 16.2. The van der Waals surface area contributed by atoms with Gasteiger partial charge in [0.2, 0.25) is 5.91 Å². The molecule has 2 N–H and O–H groups in total. The first-order valence-corrected chi connectivity index (χ1v) is 13.4. The molecule has 0 spiro atoms. The molecule has 2 heterocycles. The molecular formula is C29H33N5O2. The van der Waals surface area contributed by atoms with Crippen LogP contribution < -0.4 is 10.6 Å². The molecule has 2 aliphatic carbocycles. The van der Waals surface area contributed by atoms with Gasteiger partial charge in [0, 0.05) is 48.5 Å². The first-order chi connectivity index (χ1) is 17.6. The lowest BCUT2D eigenvalue weighted by atomic mass is 10.0. The van der Waals surface area contributed by atoms with Crippen LogP contribution in [0.15, 0.2) is 42.5 Å². The smallest absolute Gasteiger partial charge is 0.323 e. The van der Waals surface area contributed by atoms with E-state index in [-0.39, 0.29) is 11.9 Å². The molecule has 7 heteroatoms. The van der Waals surface area contributed by atoms with E-state index in [1.165, 1.54) is 24.0 Å². The van der Waals surface area contributed by atoms with Crippen molar-refractivity contribution >= 4 is 23.3 Å². The van der Waals surface area contributed by atoms with Crippen LogP contribution in [0.5, 0.6) is 0 Å². The number of rotatable bonds is 4. The zero-order chi connectivity index (χ0) is 24.6. The Labute approximate surface area is 212 Å². The Morgan fingerprint density at radius 1 is 0.917 bits per heavy atom. The van der Waals surface area contributed by atoms with Crippen LogP contribution in [0.2, 0.25) is 0 Å². The molecule has 4 aliphatic rings. The van der Waals surface area contributed by atoms with Crippen LogP contribution in [-0.4, -0.2) is 46.9 Å². The van der Waals surface area contributed by atoms with Crippen LogP contribution in [0, 0.1) is 17.2 Å². The molecule has 0 aromatic heterocycles. The van der Waals surface area contributed by atoms with Gasteiger partial charge in [-0.3, -0.25) is 9.69 Å². The van der Waals surface area contributed by atoms with E-state index >= 15 is 0 Å². The van der Waals surface area contributed by atoms with Gasteiger partial charge in [0.25, 0.3) is 0 Å². The van der Waals surface area contributed by atoms with Gasteiger partial charge in [0.1, 0.15) is 0 Å². The Kier molecular flexibility index (Phi) is 6.14. The van der Waals surface area contributed by atoms with Crippen molar-refractivity contribution in [3.8, 4) is 6.07 Å². The minimum Gasteiger partial charge on any atom is -0.334 e. The number of nitrogens with one attached hydrogen (secondary N) is 2. The van der Waals surface area contributed by atoms with Crippen LogP contribution >= 0.6 is 0 Å². The van der Waals surface area contributed by atoms with Gasteiger partial charge < -0.3 is 15.5 Å². The molecule has 2 aromatic carbocycles. The largest absolute Gasteiger partial charge is 0.334 e. The summed E-state index contributed by atoms with van der Waals surface area (Å²) in [6.07, 6.45) is 8.74. The quantitative estimate of drug-likeness (QED) is 0.637. The first-order valence-electron chi connectivity index (χ1n) is 13.4. The molecule has 3 unspecified atom stereocenters. The van der Waals surface area contributed by atoms with E-state index in [0.29, 0.717) is 35.3 Å². The normalized spacial score (nSPS) is 25.4. The van der Waals surface area contributed by atoms with E-state index in [4.69, 9.17) is 5.26 Å². The molecule has 0 radical (unpaired) electrons. The third-order valence-electron chi connectivity index (χ3n) is 8.65. The lowest BCUT2D eigenvalue weighted by Gasteiger charge is -2.44. The summed E-state index contributed by atoms with van der Waals surface area (Å²) in [5, 5.41) is 15.0. The summed E-state index contributed by atoms with van der Waals surface area (Å²) in [6.45, 7) is 1.90.